The van der Waals surface area contributed by atoms with Crippen LogP contribution in [0.15, 0.2) is 0 Å². The van der Waals surface area contributed by atoms with Gasteiger partial charge in [0.05, 0.1) is 11.1 Å². The van der Waals surface area contributed by atoms with Crippen LogP contribution in [0, 0.1) is 11.8 Å². The second-order valence-corrected chi connectivity index (χ2v) is 13.6. The third-order valence-electron chi connectivity index (χ3n) is 10.6. The molecule has 0 aliphatic carbocycles. The zero-order valence-electron chi connectivity index (χ0n) is 18.1. The zero-order valence-corrected chi connectivity index (χ0v) is 18.1. The van der Waals surface area contributed by atoms with Crippen LogP contribution in [-0.2, 0) is 0 Å². The monoisotopic (exact) mass is 358 g/mol. The summed E-state index contributed by atoms with van der Waals surface area (Å²) in [6.07, 6.45) is 7.19. The first-order valence-corrected chi connectivity index (χ1v) is 11.2. The molecule has 7 aliphatic rings. The third kappa shape index (κ3) is 1.11. The topological polar surface area (TPSA) is 6.48 Å². The molecular weight excluding hydrogens is 320 g/mol. The van der Waals surface area contributed by atoms with Crippen molar-refractivity contribution in [3.05, 3.63) is 0 Å². The van der Waals surface area contributed by atoms with Crippen LogP contribution in [0.3, 0.4) is 0 Å². The van der Waals surface area contributed by atoms with Gasteiger partial charge in [0.25, 0.3) is 12.3 Å². The molecule has 7 rings (SSSR count). The lowest BCUT2D eigenvalue weighted by Crippen LogP contribution is -2.79. The average molecular weight is 359 g/mol. The van der Waals surface area contributed by atoms with Crippen molar-refractivity contribution in [2.75, 3.05) is 0 Å². The maximum absolute atomic E-state index is 3.13. The molecule has 7 heterocycles. The van der Waals surface area contributed by atoms with Gasteiger partial charge in [0.2, 0.25) is 0 Å². The molecule has 0 saturated carbocycles. The number of nitrogens with zero attached hydrogens (tertiary/aromatic N) is 4. The summed E-state index contributed by atoms with van der Waals surface area (Å²) in [6.45, 7) is 20.8. The molecule has 26 heavy (non-hydrogen) atoms. The SMILES string of the molecule is CC1(C)CC2CC(C)(C)[N+]34C2C3N1[N+]12C3C(CC(C)(C)N4C31)CC2(C)C. The minimum atomic E-state index is 0.349. The van der Waals surface area contributed by atoms with E-state index in [9.17, 15) is 0 Å². The van der Waals surface area contributed by atoms with E-state index in [4.69, 9.17) is 0 Å². The Kier molecular flexibility index (Phi) is 2.10. The Morgan fingerprint density at radius 3 is 1.27 bits per heavy atom. The van der Waals surface area contributed by atoms with Crippen LogP contribution in [0.5, 0.6) is 0 Å². The highest BCUT2D eigenvalue weighted by Gasteiger charge is 3.05. The summed E-state index contributed by atoms with van der Waals surface area (Å²) in [5, 5.41) is 6.25. The van der Waals surface area contributed by atoms with Crippen LogP contribution in [0.4, 0.5) is 0 Å². The molecular formula is C22H38N4+2. The van der Waals surface area contributed by atoms with Crippen molar-refractivity contribution >= 4 is 0 Å². The Labute approximate surface area is 159 Å². The molecule has 0 aromatic rings. The predicted octanol–water partition coefficient (Wildman–Crippen LogP) is 3.45. The van der Waals surface area contributed by atoms with E-state index in [1.807, 2.05) is 0 Å². The fourth-order valence-corrected chi connectivity index (χ4v) is 10.7. The zero-order chi connectivity index (χ0) is 18.4. The molecule has 0 radical (unpaired) electrons. The normalized spacial score (nSPS) is 63.2. The van der Waals surface area contributed by atoms with Gasteiger partial charge in [-0.2, -0.15) is 9.18 Å². The first-order chi connectivity index (χ1) is 11.9. The molecule has 0 aromatic carbocycles. The van der Waals surface area contributed by atoms with E-state index in [0.717, 1.165) is 36.3 Å². The van der Waals surface area contributed by atoms with E-state index < -0.39 is 0 Å². The van der Waals surface area contributed by atoms with Crippen molar-refractivity contribution < 1.29 is 9.18 Å². The van der Waals surface area contributed by atoms with E-state index >= 15 is 0 Å². The van der Waals surface area contributed by atoms with E-state index in [0.29, 0.717) is 22.2 Å². The van der Waals surface area contributed by atoms with Crippen LogP contribution in [0.2, 0.25) is 0 Å². The molecule has 4 heteroatoms. The molecule has 7 aliphatic heterocycles. The van der Waals surface area contributed by atoms with Crippen molar-refractivity contribution in [1.82, 2.24) is 10.0 Å². The molecule has 4 nitrogen and oxygen atoms in total. The average Bonchev–Trinajstić information content (AvgIpc) is 3.25. The first-order valence-electron chi connectivity index (χ1n) is 11.2. The molecule has 144 valence electrons. The Morgan fingerprint density at radius 2 is 0.923 bits per heavy atom. The second-order valence-electron chi connectivity index (χ2n) is 13.6. The van der Waals surface area contributed by atoms with Crippen molar-refractivity contribution in [2.45, 2.75) is 128 Å². The number of rotatable bonds is 0. The number of hydrogen-bond acceptors (Lipinski definition) is 2. The lowest BCUT2D eigenvalue weighted by molar-refractivity contribution is -1.11. The highest BCUT2D eigenvalue weighted by atomic mass is 16.1. The number of hydrogen-bond donors (Lipinski definition) is 0. The largest absolute Gasteiger partial charge is 0.261 e. The Balaban J connectivity index is 1.54. The van der Waals surface area contributed by atoms with Crippen molar-refractivity contribution in [3.63, 3.8) is 0 Å². The van der Waals surface area contributed by atoms with Crippen LogP contribution in [0.25, 0.3) is 0 Å². The van der Waals surface area contributed by atoms with E-state index in [1.54, 1.807) is 0 Å². The third-order valence-corrected chi connectivity index (χ3v) is 10.6. The smallest absolute Gasteiger partial charge is 0.200 e. The predicted molar refractivity (Wildman–Crippen MR) is 101 cm³/mol. The highest BCUT2D eigenvalue weighted by Crippen LogP contribution is 2.81. The molecule has 8 atom stereocenters. The molecule has 0 bridgehead atoms. The van der Waals surface area contributed by atoms with E-state index in [2.05, 4.69) is 65.4 Å². The van der Waals surface area contributed by atoms with Crippen molar-refractivity contribution in [3.8, 4) is 0 Å². The quantitative estimate of drug-likeness (QED) is 0.483. The molecule has 0 amide bonds. The van der Waals surface area contributed by atoms with E-state index in [-0.39, 0.29) is 0 Å². The summed E-state index contributed by atoms with van der Waals surface area (Å²) in [7, 11) is 0. The molecule has 0 N–H and O–H groups in total. The van der Waals surface area contributed by atoms with Gasteiger partial charge in [-0.25, -0.2) is 0 Å². The minimum absolute atomic E-state index is 0.349. The standard InChI is InChI=1S/C22H38N4/c1-19(2)9-13-11-22(7,8)26-15(13)17(26)23(19)25-16-14(12-21(25,5)6)10-20(3,4)24(26)18(16)25/h13-18H,9-12H2,1-8H3/q+2. The Morgan fingerprint density at radius 1 is 0.577 bits per heavy atom. The van der Waals surface area contributed by atoms with Gasteiger partial charge in [0.1, 0.15) is 11.1 Å². The highest BCUT2D eigenvalue weighted by molar-refractivity contribution is 5.21. The maximum atomic E-state index is 3.13. The molecule has 0 aromatic heterocycles. The molecule has 7 fully saturated rings. The Bertz CT molecular complexity index is 704. The summed E-state index contributed by atoms with van der Waals surface area (Å²) in [5.41, 5.74) is 1.51. The summed E-state index contributed by atoms with van der Waals surface area (Å²) < 4.78 is 2.66. The lowest BCUT2D eigenvalue weighted by atomic mass is 9.76. The summed E-state index contributed by atoms with van der Waals surface area (Å²) in [6, 6.07) is 1.76. The van der Waals surface area contributed by atoms with Crippen molar-refractivity contribution in [2.24, 2.45) is 11.8 Å². The second kappa shape index (κ2) is 3.46. The summed E-state index contributed by atoms with van der Waals surface area (Å²) in [5.74, 6) is 1.85. The van der Waals surface area contributed by atoms with Gasteiger partial charge in [0, 0.05) is 24.7 Å². The van der Waals surface area contributed by atoms with Gasteiger partial charge >= 0.3 is 0 Å². The van der Waals surface area contributed by atoms with E-state index in [1.165, 1.54) is 34.9 Å². The first kappa shape index (κ1) is 15.7. The van der Waals surface area contributed by atoms with Gasteiger partial charge in [-0.05, 0) is 68.2 Å². The van der Waals surface area contributed by atoms with Gasteiger partial charge in [-0.1, -0.05) is 10.0 Å². The summed E-state index contributed by atoms with van der Waals surface area (Å²) in [4.78, 5) is 0. The van der Waals surface area contributed by atoms with Crippen LogP contribution in [0.1, 0.15) is 81.1 Å². The van der Waals surface area contributed by atoms with Crippen LogP contribution >= 0.6 is 0 Å². The van der Waals surface area contributed by atoms with Gasteiger partial charge in [-0.3, -0.25) is 0 Å². The molecule has 8 unspecified atom stereocenters. The molecule has 7 saturated heterocycles. The Hall–Kier alpha value is -0.160. The summed E-state index contributed by atoms with van der Waals surface area (Å²) >= 11 is 0. The van der Waals surface area contributed by atoms with Gasteiger partial charge in [0.15, 0.2) is 12.1 Å². The minimum Gasteiger partial charge on any atom is -0.200 e. The molecule has 2 spiro atoms. The number of quaternary nitrogens is 2. The lowest BCUT2D eigenvalue weighted by Gasteiger charge is -2.58. The van der Waals surface area contributed by atoms with Crippen molar-refractivity contribution in [1.29, 1.82) is 0 Å². The fourth-order valence-electron chi connectivity index (χ4n) is 10.7. The maximum Gasteiger partial charge on any atom is 0.261 e. The van der Waals surface area contributed by atoms with Crippen LogP contribution < -0.4 is 0 Å². The number of piperidine rings is 4. The van der Waals surface area contributed by atoms with Crippen LogP contribution in [-0.4, -0.2) is 65.8 Å². The van der Waals surface area contributed by atoms with Gasteiger partial charge < -0.3 is 0 Å². The van der Waals surface area contributed by atoms with Gasteiger partial charge in [-0.15, -0.1) is 0 Å². The fraction of sp³-hybridized carbons (Fsp3) is 1.00.